The van der Waals surface area contributed by atoms with Crippen molar-refractivity contribution in [1.82, 2.24) is 19.7 Å². The van der Waals surface area contributed by atoms with E-state index in [4.69, 9.17) is 11.1 Å². The number of anilines is 2. The number of aliphatic hydroxyl groups is 1. The number of nitrogens with zero attached hydrogens (tertiary/aromatic N) is 5. The van der Waals surface area contributed by atoms with E-state index in [1.807, 2.05) is 44.4 Å². The smallest absolute Gasteiger partial charge is 0.132 e. The molecular weight excluding hydrogens is 366 g/mol. The fraction of sp³-hybridized carbons (Fsp3) is 0.333. The van der Waals surface area contributed by atoms with Crippen LogP contribution in [0, 0.1) is 11.3 Å². The van der Waals surface area contributed by atoms with Gasteiger partial charge in [0.05, 0.1) is 23.7 Å². The van der Waals surface area contributed by atoms with Gasteiger partial charge in [-0.1, -0.05) is 6.07 Å². The molecular formula is C21H25N7O. The van der Waals surface area contributed by atoms with Crippen LogP contribution in [-0.2, 0) is 7.05 Å². The van der Waals surface area contributed by atoms with Crippen LogP contribution >= 0.6 is 0 Å². The highest BCUT2D eigenvalue weighted by Crippen LogP contribution is 2.27. The number of aliphatic hydroxyl groups excluding tert-OH is 1. The fourth-order valence-electron chi connectivity index (χ4n) is 3.71. The summed E-state index contributed by atoms with van der Waals surface area (Å²) >= 11 is 0. The Bertz CT molecular complexity index is 1040. The third-order valence-corrected chi connectivity index (χ3v) is 5.50. The molecule has 1 saturated heterocycles. The zero-order valence-corrected chi connectivity index (χ0v) is 16.6. The van der Waals surface area contributed by atoms with Crippen LogP contribution in [-0.4, -0.2) is 49.8 Å². The van der Waals surface area contributed by atoms with Gasteiger partial charge in [0, 0.05) is 55.1 Å². The zero-order valence-electron chi connectivity index (χ0n) is 16.6. The summed E-state index contributed by atoms with van der Waals surface area (Å²) in [6, 6.07) is 7.45. The van der Waals surface area contributed by atoms with E-state index in [9.17, 15) is 5.11 Å². The molecule has 0 radical (unpaired) electrons. The second kappa shape index (κ2) is 7.63. The van der Waals surface area contributed by atoms with E-state index in [1.54, 1.807) is 10.9 Å². The number of nitrogens with two attached hydrogens (primary N) is 1. The van der Waals surface area contributed by atoms with Gasteiger partial charge in [0.1, 0.15) is 12.1 Å². The van der Waals surface area contributed by atoms with Crippen LogP contribution in [0.4, 0.5) is 11.5 Å². The number of benzene rings is 1. The van der Waals surface area contributed by atoms with Gasteiger partial charge in [0.2, 0.25) is 0 Å². The molecule has 3 aromatic rings. The van der Waals surface area contributed by atoms with Gasteiger partial charge in [-0.25, -0.2) is 9.97 Å². The summed E-state index contributed by atoms with van der Waals surface area (Å²) in [4.78, 5) is 10.8. The Kier molecular flexibility index (Phi) is 5.02. The van der Waals surface area contributed by atoms with Crippen LogP contribution in [0.3, 0.4) is 0 Å². The summed E-state index contributed by atoms with van der Waals surface area (Å²) in [5.41, 5.74) is 10.0. The van der Waals surface area contributed by atoms with Crippen molar-refractivity contribution in [3.63, 3.8) is 0 Å². The lowest BCUT2D eigenvalue weighted by atomic mass is 9.99. The van der Waals surface area contributed by atoms with E-state index < -0.39 is 0 Å². The summed E-state index contributed by atoms with van der Waals surface area (Å²) in [6.07, 6.45) is 5.78. The summed E-state index contributed by atoms with van der Waals surface area (Å²) < 4.78 is 1.74. The van der Waals surface area contributed by atoms with Crippen molar-refractivity contribution in [3.05, 3.63) is 54.2 Å². The molecule has 1 aromatic carbocycles. The van der Waals surface area contributed by atoms with Crippen LogP contribution in [0.5, 0.6) is 0 Å². The lowest BCUT2D eigenvalue weighted by molar-refractivity contribution is 0.136. The standard InChI is InChI=1S/C21H25N7O/c1-13(29)15-5-6-28(11-15)20-8-19(24-12-25-20)21(23)17-7-14(3-4-18(17)22)16-9-26-27(2)10-16/h3-4,7-10,12-13,15,23,29H,5-6,11,22H2,1-2H3. The monoisotopic (exact) mass is 391 g/mol. The maximum atomic E-state index is 9.85. The molecule has 0 aliphatic carbocycles. The Morgan fingerprint density at radius 2 is 2.10 bits per heavy atom. The van der Waals surface area contributed by atoms with Gasteiger partial charge in [-0.15, -0.1) is 0 Å². The van der Waals surface area contributed by atoms with Crippen molar-refractivity contribution in [1.29, 1.82) is 5.41 Å². The van der Waals surface area contributed by atoms with Gasteiger partial charge < -0.3 is 15.7 Å². The SMILES string of the molecule is CC(O)C1CCN(c2cc(C(=N)c3cc(-c4cnn(C)c4)ccc3N)ncn2)C1. The van der Waals surface area contributed by atoms with Crippen molar-refractivity contribution < 1.29 is 5.11 Å². The predicted octanol–water partition coefficient (Wildman–Crippen LogP) is 2.08. The molecule has 1 fully saturated rings. The minimum absolute atomic E-state index is 0.236. The van der Waals surface area contributed by atoms with Crippen LogP contribution < -0.4 is 10.6 Å². The molecule has 2 unspecified atom stereocenters. The molecule has 8 heteroatoms. The number of aromatic nitrogens is 4. The molecule has 8 nitrogen and oxygen atoms in total. The molecule has 0 amide bonds. The third-order valence-electron chi connectivity index (χ3n) is 5.50. The molecule has 4 rings (SSSR count). The Balaban J connectivity index is 1.62. The van der Waals surface area contributed by atoms with Gasteiger partial charge in [0.25, 0.3) is 0 Å². The molecule has 2 aromatic heterocycles. The molecule has 2 atom stereocenters. The normalized spacial score (nSPS) is 17.5. The van der Waals surface area contributed by atoms with Crippen molar-refractivity contribution >= 4 is 17.2 Å². The van der Waals surface area contributed by atoms with Crippen LogP contribution in [0.2, 0.25) is 0 Å². The number of aryl methyl sites for hydroxylation is 1. The van der Waals surface area contributed by atoms with Crippen LogP contribution in [0.15, 0.2) is 43.0 Å². The highest BCUT2D eigenvalue weighted by atomic mass is 16.3. The summed E-state index contributed by atoms with van der Waals surface area (Å²) in [5, 5.41) is 22.8. The van der Waals surface area contributed by atoms with Gasteiger partial charge in [-0.05, 0) is 31.0 Å². The van der Waals surface area contributed by atoms with Crippen molar-refractivity contribution in [2.75, 3.05) is 23.7 Å². The number of nitrogens with one attached hydrogen (secondary N) is 1. The molecule has 29 heavy (non-hydrogen) atoms. The topological polar surface area (TPSA) is 117 Å². The van der Waals surface area contributed by atoms with E-state index in [2.05, 4.69) is 20.0 Å². The molecule has 0 bridgehead atoms. The average molecular weight is 391 g/mol. The Hall–Kier alpha value is -3.26. The highest BCUT2D eigenvalue weighted by molar-refractivity contribution is 6.13. The molecule has 1 aliphatic heterocycles. The van der Waals surface area contributed by atoms with Crippen LogP contribution in [0.1, 0.15) is 24.6 Å². The van der Waals surface area contributed by atoms with Crippen molar-refractivity contribution in [2.45, 2.75) is 19.4 Å². The van der Waals surface area contributed by atoms with E-state index in [1.165, 1.54) is 6.33 Å². The second-order valence-corrected chi connectivity index (χ2v) is 7.58. The van der Waals surface area contributed by atoms with Gasteiger partial charge in [-0.2, -0.15) is 5.10 Å². The first-order chi connectivity index (χ1) is 13.9. The van der Waals surface area contributed by atoms with Gasteiger partial charge in [-0.3, -0.25) is 10.1 Å². The minimum Gasteiger partial charge on any atom is -0.398 e. The maximum absolute atomic E-state index is 9.85. The molecule has 4 N–H and O–H groups in total. The molecule has 1 aliphatic rings. The first kappa shape index (κ1) is 19.1. The van der Waals surface area contributed by atoms with Gasteiger partial charge >= 0.3 is 0 Å². The average Bonchev–Trinajstić information content (AvgIpc) is 3.37. The Labute approximate surface area is 169 Å². The summed E-state index contributed by atoms with van der Waals surface area (Å²) in [5.74, 6) is 1.00. The molecule has 0 saturated carbocycles. The van der Waals surface area contributed by atoms with E-state index in [-0.39, 0.29) is 17.7 Å². The lowest BCUT2D eigenvalue weighted by Gasteiger charge is -2.19. The fourth-order valence-corrected chi connectivity index (χ4v) is 3.71. The lowest BCUT2D eigenvalue weighted by Crippen LogP contribution is -2.25. The zero-order chi connectivity index (χ0) is 20.5. The highest BCUT2D eigenvalue weighted by Gasteiger charge is 2.27. The Morgan fingerprint density at radius 3 is 2.79 bits per heavy atom. The number of rotatable bonds is 5. The number of hydrogen-bond donors (Lipinski definition) is 3. The van der Waals surface area contributed by atoms with E-state index >= 15 is 0 Å². The van der Waals surface area contributed by atoms with Crippen molar-refractivity contribution in [3.8, 4) is 11.1 Å². The first-order valence-corrected chi connectivity index (χ1v) is 9.65. The van der Waals surface area contributed by atoms with Gasteiger partial charge in [0.15, 0.2) is 0 Å². The maximum Gasteiger partial charge on any atom is 0.132 e. The van der Waals surface area contributed by atoms with E-state index in [0.717, 1.165) is 36.5 Å². The molecule has 3 heterocycles. The van der Waals surface area contributed by atoms with E-state index in [0.29, 0.717) is 16.9 Å². The summed E-state index contributed by atoms with van der Waals surface area (Å²) in [7, 11) is 1.87. The molecule has 150 valence electrons. The minimum atomic E-state index is -0.338. The second-order valence-electron chi connectivity index (χ2n) is 7.58. The summed E-state index contributed by atoms with van der Waals surface area (Å²) in [6.45, 7) is 3.41. The predicted molar refractivity (Wildman–Crippen MR) is 113 cm³/mol. The number of nitrogen functional groups attached to an aromatic ring is 1. The van der Waals surface area contributed by atoms with Crippen molar-refractivity contribution in [2.24, 2.45) is 13.0 Å². The number of hydrogen-bond acceptors (Lipinski definition) is 7. The van der Waals surface area contributed by atoms with Crippen LogP contribution in [0.25, 0.3) is 11.1 Å². The Morgan fingerprint density at radius 1 is 1.28 bits per heavy atom. The first-order valence-electron chi connectivity index (χ1n) is 9.65. The third kappa shape index (κ3) is 3.84. The largest absolute Gasteiger partial charge is 0.398 e. The molecule has 0 spiro atoms. The quantitative estimate of drug-likeness (QED) is 0.453.